The molecule has 0 atom stereocenters. The fourth-order valence-electron chi connectivity index (χ4n) is 6.04. The second-order valence-corrected chi connectivity index (χ2v) is 8.88. The number of nitrogens with one attached hydrogen (secondary N) is 1. The molecule has 1 N–H and O–H groups in total. The normalized spacial score (nSPS) is 30.8. The second-order valence-electron chi connectivity index (χ2n) is 8.88. The zero-order chi connectivity index (χ0) is 18.9. The summed E-state index contributed by atoms with van der Waals surface area (Å²) >= 11 is 0. The van der Waals surface area contributed by atoms with E-state index in [-0.39, 0.29) is 23.9 Å². The number of carbonyl (C=O) groups excluding carboxylic acids is 2. The number of benzene rings is 1. The number of esters is 1. The predicted octanol–water partition coefficient (Wildman–Crippen LogP) is 3.46. The molecule has 0 aromatic heterocycles. The van der Waals surface area contributed by atoms with Crippen LogP contribution in [0.5, 0.6) is 5.75 Å². The Balaban J connectivity index is 1.22. The molecule has 4 saturated carbocycles. The van der Waals surface area contributed by atoms with E-state index in [9.17, 15) is 9.59 Å². The quantitative estimate of drug-likeness (QED) is 0.746. The topological polar surface area (TPSA) is 64.6 Å². The maximum atomic E-state index is 12.4. The fourth-order valence-corrected chi connectivity index (χ4v) is 6.04. The Morgan fingerprint density at radius 1 is 1.11 bits per heavy atom. The number of ether oxygens (including phenoxy) is 2. The van der Waals surface area contributed by atoms with E-state index in [1.54, 1.807) is 7.11 Å². The molecule has 4 bridgehead atoms. The van der Waals surface area contributed by atoms with E-state index in [2.05, 4.69) is 5.32 Å². The highest BCUT2D eigenvalue weighted by atomic mass is 16.5. The molecule has 0 spiro atoms. The van der Waals surface area contributed by atoms with Crippen molar-refractivity contribution < 1.29 is 19.1 Å². The van der Waals surface area contributed by atoms with Gasteiger partial charge in [0.25, 0.3) is 5.91 Å². The van der Waals surface area contributed by atoms with Gasteiger partial charge in [0.15, 0.2) is 6.61 Å². The van der Waals surface area contributed by atoms with Gasteiger partial charge in [-0.1, -0.05) is 12.1 Å². The van der Waals surface area contributed by atoms with Crippen LogP contribution in [0.2, 0.25) is 0 Å². The zero-order valence-corrected chi connectivity index (χ0v) is 16.0. The molecule has 1 aromatic carbocycles. The van der Waals surface area contributed by atoms with Crippen LogP contribution in [0.4, 0.5) is 0 Å². The number of carbonyl (C=O) groups is 2. The van der Waals surface area contributed by atoms with Crippen molar-refractivity contribution in [3.63, 3.8) is 0 Å². The van der Waals surface area contributed by atoms with Crippen molar-refractivity contribution in [3.8, 4) is 5.75 Å². The molecule has 0 saturated heterocycles. The molecule has 146 valence electrons. The average molecular weight is 371 g/mol. The molecule has 4 fully saturated rings. The average Bonchev–Trinajstić information content (AvgIpc) is 2.63. The van der Waals surface area contributed by atoms with Crippen LogP contribution < -0.4 is 10.1 Å². The lowest BCUT2D eigenvalue weighted by atomic mass is 9.49. The van der Waals surface area contributed by atoms with Crippen LogP contribution in [-0.2, 0) is 20.9 Å². The molecule has 4 aliphatic carbocycles. The van der Waals surface area contributed by atoms with Crippen LogP contribution in [0, 0.1) is 23.2 Å². The fraction of sp³-hybridized carbons (Fsp3) is 0.636. The third kappa shape index (κ3) is 4.28. The first kappa shape index (κ1) is 18.3. The minimum absolute atomic E-state index is 0.156. The van der Waals surface area contributed by atoms with Gasteiger partial charge >= 0.3 is 5.97 Å². The van der Waals surface area contributed by atoms with Crippen molar-refractivity contribution in [2.45, 2.75) is 51.5 Å². The van der Waals surface area contributed by atoms with Gasteiger partial charge in [0, 0.05) is 6.54 Å². The SMILES string of the molecule is COc1cccc(CNC(=O)COC(=O)CC23CC4CC(CC(C4)C2)C3)c1. The van der Waals surface area contributed by atoms with E-state index in [4.69, 9.17) is 9.47 Å². The van der Waals surface area contributed by atoms with Gasteiger partial charge < -0.3 is 14.8 Å². The molecule has 0 heterocycles. The first-order valence-electron chi connectivity index (χ1n) is 10.1. The maximum Gasteiger partial charge on any atom is 0.306 e. The Hall–Kier alpha value is -2.04. The first-order valence-corrected chi connectivity index (χ1v) is 10.1. The summed E-state index contributed by atoms with van der Waals surface area (Å²) in [6, 6.07) is 7.53. The summed E-state index contributed by atoms with van der Waals surface area (Å²) in [6.45, 7) is 0.192. The van der Waals surface area contributed by atoms with E-state index >= 15 is 0 Å². The third-order valence-electron chi connectivity index (χ3n) is 6.67. The maximum absolute atomic E-state index is 12.4. The minimum Gasteiger partial charge on any atom is -0.497 e. The molecule has 5 nitrogen and oxygen atoms in total. The van der Waals surface area contributed by atoms with Crippen molar-refractivity contribution in [2.24, 2.45) is 23.2 Å². The molecule has 27 heavy (non-hydrogen) atoms. The van der Waals surface area contributed by atoms with Crippen LogP contribution >= 0.6 is 0 Å². The Morgan fingerprint density at radius 2 is 1.78 bits per heavy atom. The van der Waals surface area contributed by atoms with Crippen LogP contribution in [0.15, 0.2) is 24.3 Å². The monoisotopic (exact) mass is 371 g/mol. The number of hydrogen-bond donors (Lipinski definition) is 1. The van der Waals surface area contributed by atoms with Crippen molar-refractivity contribution >= 4 is 11.9 Å². The molecule has 0 aliphatic heterocycles. The number of rotatable bonds is 7. The van der Waals surface area contributed by atoms with E-state index in [0.717, 1.165) is 29.1 Å². The summed E-state index contributed by atoms with van der Waals surface area (Å²) in [5.41, 5.74) is 1.10. The van der Waals surface area contributed by atoms with Crippen molar-refractivity contribution in [1.82, 2.24) is 5.32 Å². The van der Waals surface area contributed by atoms with Gasteiger partial charge in [-0.2, -0.15) is 0 Å². The number of methoxy groups -OCH3 is 1. The van der Waals surface area contributed by atoms with Gasteiger partial charge in [0.1, 0.15) is 5.75 Å². The summed E-state index contributed by atoms with van der Waals surface area (Å²) < 4.78 is 10.5. The Bertz CT molecular complexity index is 679. The molecule has 5 rings (SSSR count). The second kappa shape index (κ2) is 7.53. The van der Waals surface area contributed by atoms with Gasteiger partial charge in [0.2, 0.25) is 0 Å². The largest absolute Gasteiger partial charge is 0.497 e. The van der Waals surface area contributed by atoms with Gasteiger partial charge in [-0.25, -0.2) is 0 Å². The summed E-state index contributed by atoms with van der Waals surface area (Å²) in [5, 5.41) is 2.79. The predicted molar refractivity (Wildman–Crippen MR) is 101 cm³/mol. The lowest BCUT2D eigenvalue weighted by Crippen LogP contribution is -2.47. The molecular weight excluding hydrogens is 342 g/mol. The standard InChI is InChI=1S/C22H29NO4/c1-26-19-4-2-3-15(8-19)13-23-20(24)14-27-21(25)12-22-9-16-5-17(10-22)7-18(6-16)11-22/h2-4,8,16-18H,5-7,9-14H2,1H3,(H,23,24). The molecule has 1 amide bonds. The van der Waals surface area contributed by atoms with E-state index in [0.29, 0.717) is 13.0 Å². The zero-order valence-electron chi connectivity index (χ0n) is 16.0. The first-order chi connectivity index (χ1) is 13.0. The van der Waals surface area contributed by atoms with Crippen LogP contribution in [0.1, 0.15) is 50.5 Å². The number of hydrogen-bond acceptors (Lipinski definition) is 4. The lowest BCUT2D eigenvalue weighted by Gasteiger charge is -2.56. The third-order valence-corrected chi connectivity index (χ3v) is 6.67. The van der Waals surface area contributed by atoms with E-state index in [1.807, 2.05) is 24.3 Å². The molecule has 1 aromatic rings. The summed E-state index contributed by atoms with van der Waals surface area (Å²) in [7, 11) is 1.61. The number of amides is 1. The van der Waals surface area contributed by atoms with E-state index < -0.39 is 0 Å². The highest BCUT2D eigenvalue weighted by molar-refractivity contribution is 5.80. The van der Waals surface area contributed by atoms with Crippen LogP contribution in [-0.4, -0.2) is 25.6 Å². The highest BCUT2D eigenvalue weighted by Gasteiger charge is 2.51. The van der Waals surface area contributed by atoms with Gasteiger partial charge in [0.05, 0.1) is 13.5 Å². The van der Waals surface area contributed by atoms with Crippen molar-refractivity contribution in [1.29, 1.82) is 0 Å². The Morgan fingerprint density at radius 3 is 2.41 bits per heavy atom. The smallest absolute Gasteiger partial charge is 0.306 e. The molecule has 4 aliphatic rings. The molecule has 5 heteroatoms. The van der Waals surface area contributed by atoms with Crippen molar-refractivity contribution in [3.05, 3.63) is 29.8 Å². The minimum atomic E-state index is -0.267. The summed E-state index contributed by atoms with van der Waals surface area (Å²) in [4.78, 5) is 24.4. The molecular formula is C22H29NO4. The van der Waals surface area contributed by atoms with Crippen molar-refractivity contribution in [2.75, 3.05) is 13.7 Å². The van der Waals surface area contributed by atoms with E-state index in [1.165, 1.54) is 38.5 Å². The highest BCUT2D eigenvalue weighted by Crippen LogP contribution is 2.61. The summed E-state index contributed by atoms with van der Waals surface area (Å²) in [5.74, 6) is 2.72. The molecule has 0 radical (unpaired) electrons. The van der Waals surface area contributed by atoms with Gasteiger partial charge in [-0.05, 0) is 79.4 Å². The Kier molecular flexibility index (Phi) is 5.11. The molecule has 0 unspecified atom stereocenters. The van der Waals surface area contributed by atoms with Crippen LogP contribution in [0.25, 0.3) is 0 Å². The van der Waals surface area contributed by atoms with Gasteiger partial charge in [-0.3, -0.25) is 9.59 Å². The van der Waals surface area contributed by atoms with Gasteiger partial charge in [-0.15, -0.1) is 0 Å². The lowest BCUT2D eigenvalue weighted by molar-refractivity contribution is -0.155. The summed E-state index contributed by atoms with van der Waals surface area (Å²) in [6.07, 6.45) is 8.10. The van der Waals surface area contributed by atoms with Crippen LogP contribution in [0.3, 0.4) is 0 Å². The Labute approximate surface area is 160 Å².